The molecular formula is C13H24N4O3S. The first-order valence-corrected chi connectivity index (χ1v) is 8.92. The van der Waals surface area contributed by atoms with Gasteiger partial charge in [-0.25, -0.2) is 13.1 Å². The van der Waals surface area contributed by atoms with E-state index < -0.39 is 10.0 Å². The number of aryl methyl sites for hydroxylation is 1. The van der Waals surface area contributed by atoms with Crippen LogP contribution >= 0.6 is 0 Å². The summed E-state index contributed by atoms with van der Waals surface area (Å²) >= 11 is 0. The van der Waals surface area contributed by atoms with Crippen LogP contribution in [0.15, 0.2) is 17.3 Å². The molecule has 0 radical (unpaired) electrons. The van der Waals surface area contributed by atoms with Crippen molar-refractivity contribution in [2.75, 3.05) is 26.2 Å². The van der Waals surface area contributed by atoms with Crippen LogP contribution in [0.5, 0.6) is 0 Å². The van der Waals surface area contributed by atoms with Gasteiger partial charge in [0.1, 0.15) is 4.90 Å². The highest BCUT2D eigenvalue weighted by Gasteiger charge is 2.18. The van der Waals surface area contributed by atoms with Crippen LogP contribution in [0.4, 0.5) is 0 Å². The topological polar surface area (TPSA) is 87.5 Å². The number of nitrogens with one attached hydrogen (secondary N) is 1. The Kier molecular flexibility index (Phi) is 5.74. The van der Waals surface area contributed by atoms with Crippen LogP contribution < -0.4 is 4.72 Å². The molecule has 0 aromatic carbocycles. The number of aromatic nitrogens is 2. The molecule has 21 heavy (non-hydrogen) atoms. The van der Waals surface area contributed by atoms with Gasteiger partial charge in [0, 0.05) is 25.8 Å². The number of rotatable bonds is 7. The number of aliphatic hydroxyl groups excluding tert-OH is 1. The number of hydrogen-bond donors (Lipinski definition) is 2. The van der Waals surface area contributed by atoms with Crippen LogP contribution in [0, 0.1) is 0 Å². The summed E-state index contributed by atoms with van der Waals surface area (Å²) in [7, 11) is -3.46. The molecule has 0 bridgehead atoms. The van der Waals surface area contributed by atoms with Gasteiger partial charge in [0.05, 0.1) is 12.3 Å². The number of hydrogen-bond acceptors (Lipinski definition) is 5. The van der Waals surface area contributed by atoms with E-state index in [0.29, 0.717) is 19.6 Å². The van der Waals surface area contributed by atoms with Gasteiger partial charge in [0.15, 0.2) is 0 Å². The Morgan fingerprint density at radius 2 is 2.33 bits per heavy atom. The summed E-state index contributed by atoms with van der Waals surface area (Å²) in [5.41, 5.74) is 0. The van der Waals surface area contributed by atoms with Crippen LogP contribution in [0.2, 0.25) is 0 Å². The third-order valence-corrected chi connectivity index (χ3v) is 5.08. The molecule has 2 rings (SSSR count). The third-order valence-electron chi connectivity index (χ3n) is 3.67. The van der Waals surface area contributed by atoms with E-state index in [2.05, 4.69) is 14.7 Å². The van der Waals surface area contributed by atoms with Crippen LogP contribution in [0.25, 0.3) is 0 Å². The summed E-state index contributed by atoms with van der Waals surface area (Å²) in [6, 6.07) is 0. The normalized spacial score (nSPS) is 20.8. The first-order valence-electron chi connectivity index (χ1n) is 7.44. The van der Waals surface area contributed by atoms with E-state index in [-0.39, 0.29) is 11.0 Å². The lowest BCUT2D eigenvalue weighted by Gasteiger charge is -2.29. The van der Waals surface area contributed by atoms with E-state index in [1.807, 2.05) is 6.92 Å². The lowest BCUT2D eigenvalue weighted by molar-refractivity contribution is 0.0704. The molecule has 8 heteroatoms. The Labute approximate surface area is 126 Å². The molecular weight excluding hydrogens is 292 g/mol. The molecule has 0 spiro atoms. The molecule has 0 aliphatic carbocycles. The van der Waals surface area contributed by atoms with Crippen LogP contribution in [-0.2, 0) is 16.6 Å². The van der Waals surface area contributed by atoms with Crippen molar-refractivity contribution >= 4 is 10.0 Å². The molecule has 0 unspecified atom stereocenters. The number of piperidine rings is 1. The summed E-state index contributed by atoms with van der Waals surface area (Å²) in [6.07, 6.45) is 5.26. The minimum Gasteiger partial charge on any atom is -0.392 e. The lowest BCUT2D eigenvalue weighted by Crippen LogP contribution is -2.39. The fourth-order valence-electron chi connectivity index (χ4n) is 2.48. The molecule has 1 aliphatic heterocycles. The molecule has 120 valence electrons. The molecule has 1 saturated heterocycles. The maximum atomic E-state index is 12.0. The largest absolute Gasteiger partial charge is 0.392 e. The van der Waals surface area contributed by atoms with Gasteiger partial charge in [0.2, 0.25) is 10.0 Å². The standard InChI is InChI=1S/C13H24N4O3S/c1-2-17-11-13(9-14-17)21(19,20)15-6-4-8-16-7-3-5-12(18)10-16/h9,11-12,15,18H,2-8,10H2,1H3/t12-/m1/s1. The van der Waals surface area contributed by atoms with Crippen molar-refractivity contribution in [2.24, 2.45) is 0 Å². The maximum Gasteiger partial charge on any atom is 0.243 e. The van der Waals surface area contributed by atoms with E-state index in [9.17, 15) is 13.5 Å². The molecule has 2 N–H and O–H groups in total. The molecule has 1 atom stereocenters. The van der Waals surface area contributed by atoms with Crippen LogP contribution in [0.1, 0.15) is 26.2 Å². The monoisotopic (exact) mass is 316 g/mol. The second-order valence-electron chi connectivity index (χ2n) is 5.38. The molecule has 2 heterocycles. The Balaban J connectivity index is 1.74. The highest BCUT2D eigenvalue weighted by atomic mass is 32.2. The van der Waals surface area contributed by atoms with Crippen molar-refractivity contribution in [1.29, 1.82) is 0 Å². The lowest BCUT2D eigenvalue weighted by atomic mass is 10.1. The Bertz CT molecular complexity index is 543. The molecule has 1 aromatic rings. The zero-order chi connectivity index (χ0) is 15.3. The zero-order valence-electron chi connectivity index (χ0n) is 12.4. The number of β-amino-alcohol motifs (C(OH)–C–C–N with tert-alkyl or cyclic N) is 1. The fourth-order valence-corrected chi connectivity index (χ4v) is 3.51. The van der Waals surface area contributed by atoms with Crippen molar-refractivity contribution in [3.8, 4) is 0 Å². The van der Waals surface area contributed by atoms with E-state index in [0.717, 1.165) is 32.4 Å². The van der Waals surface area contributed by atoms with Crippen molar-refractivity contribution in [3.05, 3.63) is 12.4 Å². The highest BCUT2D eigenvalue weighted by Crippen LogP contribution is 2.10. The van der Waals surface area contributed by atoms with Crippen LogP contribution in [0.3, 0.4) is 0 Å². The zero-order valence-corrected chi connectivity index (χ0v) is 13.2. The van der Waals surface area contributed by atoms with E-state index in [1.165, 1.54) is 12.4 Å². The molecule has 0 saturated carbocycles. The molecule has 0 amide bonds. The third kappa shape index (κ3) is 4.77. The van der Waals surface area contributed by atoms with Gasteiger partial charge < -0.3 is 10.0 Å². The van der Waals surface area contributed by atoms with Gasteiger partial charge in [-0.3, -0.25) is 4.68 Å². The van der Waals surface area contributed by atoms with Gasteiger partial charge in [-0.05, 0) is 39.3 Å². The second-order valence-corrected chi connectivity index (χ2v) is 7.15. The summed E-state index contributed by atoms with van der Waals surface area (Å²) in [4.78, 5) is 2.38. The summed E-state index contributed by atoms with van der Waals surface area (Å²) in [5.74, 6) is 0. The minimum absolute atomic E-state index is 0.206. The number of likely N-dealkylation sites (tertiary alicyclic amines) is 1. The van der Waals surface area contributed by atoms with Crippen molar-refractivity contribution in [3.63, 3.8) is 0 Å². The first kappa shape index (κ1) is 16.4. The quantitative estimate of drug-likeness (QED) is 0.693. The van der Waals surface area contributed by atoms with Gasteiger partial charge in [-0.15, -0.1) is 0 Å². The first-order chi connectivity index (χ1) is 10.0. The molecule has 1 fully saturated rings. The van der Waals surface area contributed by atoms with Crippen LogP contribution in [-0.4, -0.2) is 60.5 Å². The Morgan fingerprint density at radius 3 is 3.00 bits per heavy atom. The van der Waals surface area contributed by atoms with Crippen molar-refractivity contribution in [2.45, 2.75) is 43.7 Å². The van der Waals surface area contributed by atoms with Gasteiger partial charge >= 0.3 is 0 Å². The summed E-state index contributed by atoms with van der Waals surface area (Å²) in [5, 5.41) is 13.5. The van der Waals surface area contributed by atoms with Gasteiger partial charge in [0.25, 0.3) is 0 Å². The van der Waals surface area contributed by atoms with E-state index in [1.54, 1.807) is 4.68 Å². The van der Waals surface area contributed by atoms with Crippen molar-refractivity contribution in [1.82, 2.24) is 19.4 Å². The molecule has 1 aliphatic rings. The molecule has 1 aromatic heterocycles. The predicted octanol–water partition coefficient (Wildman–Crippen LogP) is 0.0281. The number of aliphatic hydroxyl groups is 1. The second kappa shape index (κ2) is 7.35. The van der Waals surface area contributed by atoms with Crippen molar-refractivity contribution < 1.29 is 13.5 Å². The summed E-state index contributed by atoms with van der Waals surface area (Å²) < 4.78 is 28.3. The minimum atomic E-state index is -3.46. The smallest absolute Gasteiger partial charge is 0.243 e. The number of nitrogens with zero attached hydrogens (tertiary/aromatic N) is 3. The SMILES string of the molecule is CCn1cc(S(=O)(=O)NCCCN2CCC[C@@H](O)C2)cn1. The van der Waals surface area contributed by atoms with Gasteiger partial charge in [-0.2, -0.15) is 5.10 Å². The van der Waals surface area contributed by atoms with Gasteiger partial charge in [-0.1, -0.05) is 0 Å². The predicted molar refractivity (Wildman–Crippen MR) is 79.4 cm³/mol. The Morgan fingerprint density at radius 1 is 1.52 bits per heavy atom. The average Bonchev–Trinajstić information content (AvgIpc) is 2.93. The maximum absolute atomic E-state index is 12.0. The average molecular weight is 316 g/mol. The van der Waals surface area contributed by atoms with E-state index in [4.69, 9.17) is 0 Å². The fraction of sp³-hybridized carbons (Fsp3) is 0.769. The number of sulfonamides is 1. The Hall–Kier alpha value is -0.960. The molecule has 7 nitrogen and oxygen atoms in total. The highest BCUT2D eigenvalue weighted by molar-refractivity contribution is 7.89. The summed E-state index contributed by atoms with van der Waals surface area (Å²) in [6.45, 7) is 5.42. The van der Waals surface area contributed by atoms with E-state index >= 15 is 0 Å².